The van der Waals surface area contributed by atoms with Crippen LogP contribution in [0, 0.1) is 108 Å². The molecule has 0 aliphatic rings. The average Bonchev–Trinajstić information content (AvgIpc) is 0.898. The van der Waals surface area contributed by atoms with Gasteiger partial charge >= 0.3 is 0 Å². The van der Waals surface area contributed by atoms with Crippen molar-refractivity contribution in [1.29, 1.82) is 0 Å². The third kappa shape index (κ3) is 28.8. The van der Waals surface area contributed by atoms with Crippen LogP contribution in [0.1, 0.15) is 375 Å². The van der Waals surface area contributed by atoms with Crippen molar-refractivity contribution < 1.29 is 4.79 Å². The first-order valence-corrected chi connectivity index (χ1v) is 40.1. The standard InChI is InChI=1S/C97H130O/c1-15-29-35-41-75(21-7)62-92-70-89(94(68-86(92)27-13)64-77(23-9)43-37-31-17-3)56-52-83-59-84(53-57-90-71-93(63-76(22-8)42-36-30-16-2)87(28-14)69-95(90)65-78(24-10)44-38-32-18-4)61-85(60-83)54-58-91-73-96(66-79(25-11)45-39-33-19-5)88(55-51-81-47-49-82(74-98)50-48-81)72-97(91)67-80(26-12)46-40-34-20-6/h13-14,47-50,59-61,68-80H,15-26,29-46,62-67H2,1-12H3. The first-order chi connectivity index (χ1) is 47.9. The lowest BCUT2D eigenvalue weighted by molar-refractivity contribution is 0.112. The Kier molecular flexibility index (Phi) is 40.1. The van der Waals surface area contributed by atoms with Crippen LogP contribution in [-0.4, -0.2) is 6.29 Å². The summed E-state index contributed by atoms with van der Waals surface area (Å²) in [4.78, 5) is 11.7. The Labute approximate surface area is 602 Å². The summed E-state index contributed by atoms with van der Waals surface area (Å²) in [5.41, 5.74) is 18.3. The molecular weight excluding hydrogens is 1180 g/mol. The van der Waals surface area contributed by atoms with Crippen molar-refractivity contribution in [3.05, 3.63) is 173 Å². The van der Waals surface area contributed by atoms with Crippen molar-refractivity contribution in [2.75, 3.05) is 0 Å². The molecule has 0 spiro atoms. The Morgan fingerprint density at radius 3 is 0.694 bits per heavy atom. The van der Waals surface area contributed by atoms with E-state index in [1.807, 2.05) is 24.3 Å². The molecule has 0 aliphatic heterocycles. The Bertz CT molecular complexity index is 3380. The molecule has 6 unspecified atom stereocenters. The Morgan fingerprint density at radius 1 is 0.276 bits per heavy atom. The van der Waals surface area contributed by atoms with Gasteiger partial charge in [0.1, 0.15) is 6.29 Å². The van der Waals surface area contributed by atoms with E-state index < -0.39 is 0 Å². The molecule has 5 rings (SSSR count). The number of carbonyl (C=O) groups excluding carboxylic acids is 1. The van der Waals surface area contributed by atoms with Crippen LogP contribution in [0.15, 0.2) is 78.9 Å². The van der Waals surface area contributed by atoms with Crippen molar-refractivity contribution in [2.24, 2.45) is 35.5 Å². The number of benzene rings is 5. The van der Waals surface area contributed by atoms with Gasteiger partial charge in [-0.3, -0.25) is 4.79 Å². The zero-order chi connectivity index (χ0) is 70.7. The number of carbonyl (C=O) groups is 1. The highest BCUT2D eigenvalue weighted by molar-refractivity contribution is 5.75. The molecule has 5 aromatic carbocycles. The minimum Gasteiger partial charge on any atom is -0.298 e. The summed E-state index contributed by atoms with van der Waals surface area (Å²) in [5, 5.41) is 0. The van der Waals surface area contributed by atoms with Crippen LogP contribution in [0.5, 0.6) is 0 Å². The molecule has 6 atom stereocenters. The van der Waals surface area contributed by atoms with Crippen molar-refractivity contribution >= 4 is 6.29 Å². The summed E-state index contributed by atoms with van der Waals surface area (Å²) >= 11 is 0. The highest BCUT2D eigenvalue weighted by atomic mass is 16.1. The van der Waals surface area contributed by atoms with Gasteiger partial charge in [-0.05, 0) is 174 Å². The number of unbranched alkanes of at least 4 members (excludes halogenated alkanes) is 12. The summed E-state index contributed by atoms with van der Waals surface area (Å²) in [7, 11) is 0. The largest absolute Gasteiger partial charge is 0.298 e. The molecule has 0 saturated heterocycles. The van der Waals surface area contributed by atoms with E-state index >= 15 is 0 Å². The molecule has 0 amide bonds. The van der Waals surface area contributed by atoms with Gasteiger partial charge in [-0.15, -0.1) is 12.8 Å². The second kappa shape index (κ2) is 48.0. The van der Waals surface area contributed by atoms with Crippen LogP contribution in [0.4, 0.5) is 0 Å². The molecule has 1 nitrogen and oxygen atoms in total. The monoisotopic (exact) mass is 1310 g/mol. The van der Waals surface area contributed by atoms with Gasteiger partial charge in [0.25, 0.3) is 0 Å². The predicted molar refractivity (Wildman–Crippen MR) is 427 cm³/mol. The maximum Gasteiger partial charge on any atom is 0.150 e. The SMILES string of the molecule is C#Cc1cc(CC(CC)CCCCC)c(C#Cc2cc(C#Cc3cc(CC(CC)CCCCC)c(C#C)cc3CC(CC)CCCCC)cc(C#Cc3cc(CC(CC)CCCCC)c(C#Cc4ccc(C=O)cc4)cc3CC(CC)CCCCC)c2)cc1CC(CC)CCCCC. The van der Waals surface area contributed by atoms with Crippen LogP contribution in [-0.2, 0) is 38.5 Å². The zero-order valence-corrected chi connectivity index (χ0v) is 64.1. The Morgan fingerprint density at radius 2 is 0.490 bits per heavy atom. The van der Waals surface area contributed by atoms with Crippen LogP contribution < -0.4 is 0 Å². The topological polar surface area (TPSA) is 17.1 Å². The van der Waals surface area contributed by atoms with Gasteiger partial charge in [0, 0.05) is 61.2 Å². The van der Waals surface area contributed by atoms with E-state index in [1.165, 1.54) is 187 Å². The lowest BCUT2D eigenvalue weighted by atomic mass is 9.84. The highest BCUT2D eigenvalue weighted by Crippen LogP contribution is 2.32. The molecular formula is C97H130O. The lowest BCUT2D eigenvalue weighted by Crippen LogP contribution is -2.09. The molecule has 0 bridgehead atoms. The van der Waals surface area contributed by atoms with Crippen molar-refractivity contribution in [3.8, 4) is 72.1 Å². The molecule has 0 fully saturated rings. The minimum absolute atomic E-state index is 0.526. The molecule has 0 heterocycles. The minimum atomic E-state index is 0.526. The van der Waals surface area contributed by atoms with E-state index in [0.29, 0.717) is 41.1 Å². The van der Waals surface area contributed by atoms with Crippen LogP contribution in [0.3, 0.4) is 0 Å². The molecule has 5 aromatic rings. The number of hydrogen-bond donors (Lipinski definition) is 0. The highest BCUT2D eigenvalue weighted by Gasteiger charge is 2.21. The third-order valence-electron chi connectivity index (χ3n) is 21.5. The van der Waals surface area contributed by atoms with Gasteiger partial charge in [-0.1, -0.05) is 347 Å². The van der Waals surface area contributed by atoms with E-state index in [4.69, 9.17) is 12.8 Å². The quantitative estimate of drug-likeness (QED) is 0.0216. The average molecular weight is 1310 g/mol. The van der Waals surface area contributed by atoms with E-state index in [0.717, 1.165) is 139 Å². The number of aldehydes is 1. The van der Waals surface area contributed by atoms with Crippen molar-refractivity contribution in [2.45, 2.75) is 314 Å². The van der Waals surface area contributed by atoms with Gasteiger partial charge in [-0.25, -0.2) is 0 Å². The number of hydrogen-bond acceptors (Lipinski definition) is 1. The smallest absolute Gasteiger partial charge is 0.150 e. The number of rotatable bonds is 43. The van der Waals surface area contributed by atoms with E-state index in [9.17, 15) is 4.79 Å². The maximum atomic E-state index is 11.7. The molecule has 1 heteroatoms. The lowest BCUT2D eigenvalue weighted by Gasteiger charge is -2.20. The first kappa shape index (κ1) is 81.8. The number of terminal acetylenes is 2. The van der Waals surface area contributed by atoms with Crippen molar-refractivity contribution in [3.63, 3.8) is 0 Å². The van der Waals surface area contributed by atoms with Crippen LogP contribution in [0.2, 0.25) is 0 Å². The van der Waals surface area contributed by atoms with Gasteiger partial charge in [-0.2, -0.15) is 0 Å². The van der Waals surface area contributed by atoms with Gasteiger partial charge in [0.15, 0.2) is 0 Å². The molecule has 0 radical (unpaired) electrons. The fraction of sp³-hybridized carbons (Fsp3) is 0.557. The fourth-order valence-electron chi connectivity index (χ4n) is 14.5. The summed E-state index contributed by atoms with van der Waals surface area (Å²) in [5.74, 6) is 40.0. The van der Waals surface area contributed by atoms with E-state index in [1.54, 1.807) is 0 Å². The predicted octanol–water partition coefficient (Wildman–Crippen LogP) is 26.0. The Hall–Kier alpha value is -6.87. The molecule has 0 N–H and O–H groups in total. The fourth-order valence-corrected chi connectivity index (χ4v) is 14.5. The van der Waals surface area contributed by atoms with Gasteiger partial charge in [0.2, 0.25) is 0 Å². The van der Waals surface area contributed by atoms with Gasteiger partial charge < -0.3 is 0 Å². The molecule has 524 valence electrons. The summed E-state index contributed by atoms with van der Waals surface area (Å²) in [6.07, 6.45) is 55.9. The second-order valence-corrected chi connectivity index (χ2v) is 29.2. The summed E-state index contributed by atoms with van der Waals surface area (Å²) in [6, 6.07) is 28.6. The molecule has 0 aromatic heterocycles. The zero-order valence-electron chi connectivity index (χ0n) is 64.1. The van der Waals surface area contributed by atoms with Crippen molar-refractivity contribution in [1.82, 2.24) is 0 Å². The first-order valence-electron chi connectivity index (χ1n) is 40.1. The Balaban J connectivity index is 1.88. The molecule has 0 saturated carbocycles. The van der Waals surface area contributed by atoms with Crippen LogP contribution in [0.25, 0.3) is 0 Å². The van der Waals surface area contributed by atoms with Crippen LogP contribution >= 0.6 is 0 Å². The molecule has 98 heavy (non-hydrogen) atoms. The van der Waals surface area contributed by atoms with E-state index in [2.05, 4.69) is 197 Å². The normalized spacial score (nSPS) is 12.8. The maximum absolute atomic E-state index is 11.7. The van der Waals surface area contributed by atoms with Gasteiger partial charge in [0.05, 0.1) is 0 Å². The third-order valence-corrected chi connectivity index (χ3v) is 21.5. The summed E-state index contributed by atoms with van der Waals surface area (Å²) < 4.78 is 0. The summed E-state index contributed by atoms with van der Waals surface area (Å²) in [6.45, 7) is 27.9. The molecule has 0 aliphatic carbocycles. The van der Waals surface area contributed by atoms with E-state index in [-0.39, 0.29) is 0 Å². The second-order valence-electron chi connectivity index (χ2n) is 29.2.